The molecular formula is C10H22CeN3O8. The van der Waals surface area contributed by atoms with Crippen LogP contribution in [0.2, 0.25) is 7.75 Å². The Morgan fingerprint density at radius 3 is 1.23 bits per heavy atom. The summed E-state index contributed by atoms with van der Waals surface area (Å²) >= 11 is -5.55. The fourth-order valence-electron chi connectivity index (χ4n) is 2.64. The zero-order valence-corrected chi connectivity index (χ0v) is 15.1. The van der Waals surface area contributed by atoms with E-state index in [1.165, 1.54) is 0 Å². The SMILES string of the molecule is N.NCC[NH][Ce]([CH2]C(=O)O)([CH2]C(=O)O)([CH2]C(=O)O)[CH2]C(=O)O. The summed E-state index contributed by atoms with van der Waals surface area (Å²) in [4.78, 5) is 44.5. The van der Waals surface area contributed by atoms with Crippen LogP contribution in [0.4, 0.5) is 0 Å². The summed E-state index contributed by atoms with van der Waals surface area (Å²) in [6.07, 6.45) is 0. The van der Waals surface area contributed by atoms with Crippen LogP contribution in [0.5, 0.6) is 0 Å². The molecule has 0 atom stereocenters. The minimum absolute atomic E-state index is 0. The van der Waals surface area contributed by atoms with Gasteiger partial charge in [-0.1, -0.05) is 0 Å². The van der Waals surface area contributed by atoms with E-state index in [4.69, 9.17) is 26.2 Å². The van der Waals surface area contributed by atoms with Crippen molar-refractivity contribution in [1.29, 1.82) is 0 Å². The molecule has 0 radical (unpaired) electrons. The monoisotopic (exact) mass is 452 g/mol. The van der Waals surface area contributed by atoms with E-state index in [1.54, 1.807) is 0 Å². The first-order valence-electron chi connectivity index (χ1n) is 6.05. The van der Waals surface area contributed by atoms with Crippen LogP contribution in [0.3, 0.4) is 0 Å². The van der Waals surface area contributed by atoms with E-state index in [0.717, 1.165) is 0 Å². The van der Waals surface area contributed by atoms with Gasteiger partial charge in [0.1, 0.15) is 0 Å². The first-order valence-corrected chi connectivity index (χ1v) is 16.5. The van der Waals surface area contributed by atoms with E-state index in [0.29, 0.717) is 0 Å². The van der Waals surface area contributed by atoms with Crippen molar-refractivity contribution in [2.45, 2.75) is 7.75 Å². The van der Waals surface area contributed by atoms with Gasteiger partial charge in [0.15, 0.2) is 0 Å². The molecule has 0 unspecified atom stereocenters. The van der Waals surface area contributed by atoms with Gasteiger partial charge in [-0.25, -0.2) is 0 Å². The molecule has 0 rings (SSSR count). The topological polar surface area (TPSA) is 222 Å². The fraction of sp³-hybridized carbons (Fsp3) is 0.600. The molecule has 129 valence electrons. The molecule has 10 N–H and O–H groups in total. The zero-order chi connectivity index (χ0) is 16.7. The Labute approximate surface area is 128 Å². The third-order valence-electron chi connectivity index (χ3n) is 3.23. The predicted octanol–water partition coefficient (Wildman–Crippen LogP) is -0.685. The summed E-state index contributed by atoms with van der Waals surface area (Å²) in [5.74, 6) is -5.67. The molecule has 0 amide bonds. The van der Waals surface area contributed by atoms with Gasteiger partial charge >= 0.3 is 123 Å². The van der Waals surface area contributed by atoms with Gasteiger partial charge in [0.25, 0.3) is 0 Å². The van der Waals surface area contributed by atoms with Crippen LogP contribution >= 0.6 is 0 Å². The predicted molar refractivity (Wildman–Crippen MR) is 71.9 cm³/mol. The molecule has 0 aliphatic heterocycles. The van der Waals surface area contributed by atoms with Crippen molar-refractivity contribution >= 4 is 23.9 Å². The third-order valence-corrected chi connectivity index (χ3v) is 22.6. The van der Waals surface area contributed by atoms with E-state index < -0.39 is 63.3 Å². The number of hydrogen-bond donors (Lipinski definition) is 7. The second kappa shape index (κ2) is 9.31. The molecule has 0 aliphatic carbocycles. The van der Waals surface area contributed by atoms with E-state index in [-0.39, 0.29) is 19.2 Å². The third kappa shape index (κ3) is 7.41. The van der Waals surface area contributed by atoms with Crippen LogP contribution in [-0.2, 0) is 19.2 Å². The van der Waals surface area contributed by atoms with Crippen molar-refractivity contribution in [2.24, 2.45) is 5.73 Å². The first kappa shape index (κ1) is 23.4. The molecule has 11 nitrogen and oxygen atoms in total. The van der Waals surface area contributed by atoms with Gasteiger partial charge in [-0.15, -0.1) is 0 Å². The van der Waals surface area contributed by atoms with E-state index in [1.807, 2.05) is 0 Å². The standard InChI is InChI=1S/C2H7N2.4C2H3O2.Ce.H3N/c3-1-2-4;4*1-2(3)4;;/h3H,1-2,4H2;4*1H2,(H,3,4);;1H3/q-1;;;;;+1;. The van der Waals surface area contributed by atoms with Crippen LogP contribution < -0.4 is 13.2 Å². The van der Waals surface area contributed by atoms with Crippen molar-refractivity contribution in [3.8, 4) is 0 Å². The second-order valence-electron chi connectivity index (χ2n) is 5.20. The van der Waals surface area contributed by atoms with E-state index in [9.17, 15) is 19.2 Å². The van der Waals surface area contributed by atoms with Crippen molar-refractivity contribution in [3.05, 3.63) is 0 Å². The molecule has 0 aliphatic rings. The summed E-state index contributed by atoms with van der Waals surface area (Å²) in [6, 6.07) is 0. The number of hydrogen-bond acceptors (Lipinski definition) is 7. The van der Waals surface area contributed by atoms with Crippen molar-refractivity contribution < 1.29 is 71.3 Å². The molecule has 0 heterocycles. The number of rotatable bonds is 11. The van der Waals surface area contributed by atoms with Gasteiger partial charge in [-0.3, -0.25) is 0 Å². The van der Waals surface area contributed by atoms with Gasteiger partial charge in [-0.2, -0.15) is 0 Å². The summed E-state index contributed by atoms with van der Waals surface area (Å²) < 4.78 is -0.354. The Bertz CT molecular complexity index is 380. The van der Waals surface area contributed by atoms with Crippen LogP contribution in [0.15, 0.2) is 0 Å². The van der Waals surface area contributed by atoms with Gasteiger partial charge in [0, 0.05) is 0 Å². The molecule has 22 heavy (non-hydrogen) atoms. The molecule has 0 aromatic carbocycles. The number of carbonyl (C=O) groups is 4. The quantitative estimate of drug-likeness (QED) is 0.208. The molecular weight excluding hydrogens is 430 g/mol. The Kier molecular flexibility index (Phi) is 9.91. The van der Waals surface area contributed by atoms with Crippen LogP contribution in [0, 0.1) is 31.7 Å². The maximum atomic E-state index is 11.1. The summed E-state index contributed by atoms with van der Waals surface area (Å²) in [5, 5.41) is 36.2. The number of aliphatic carboxylic acids is 4. The van der Waals surface area contributed by atoms with Crippen LogP contribution in [0.1, 0.15) is 0 Å². The Hall–Kier alpha value is -0.863. The zero-order valence-electron chi connectivity index (χ0n) is 11.9. The molecule has 0 aromatic heterocycles. The van der Waals surface area contributed by atoms with Crippen molar-refractivity contribution in [1.82, 2.24) is 7.43 Å². The van der Waals surface area contributed by atoms with E-state index in [2.05, 4.69) is 1.28 Å². The number of nitrogens with one attached hydrogen (secondary N) is 1. The van der Waals surface area contributed by atoms with Gasteiger partial charge in [0.2, 0.25) is 0 Å². The minimum atomic E-state index is -5.55. The number of nitrogens with two attached hydrogens (primary N) is 1. The van der Waals surface area contributed by atoms with Crippen molar-refractivity contribution in [2.75, 3.05) is 13.1 Å². The maximum absolute atomic E-state index is 11.1. The molecule has 12 heteroatoms. The number of carboxylic acids is 4. The second-order valence-corrected chi connectivity index (χ2v) is 24.6. The molecule has 0 bridgehead atoms. The molecule has 0 aromatic rings. The summed E-state index contributed by atoms with van der Waals surface area (Å²) in [5.41, 5.74) is 5.30. The first-order chi connectivity index (χ1) is 9.54. The Morgan fingerprint density at radius 2 is 1.05 bits per heavy atom. The van der Waals surface area contributed by atoms with Gasteiger partial charge in [-0.05, 0) is 0 Å². The normalized spacial score (nSPS) is 12.5. The average Bonchev–Trinajstić information content (AvgIpc) is 2.21. The van der Waals surface area contributed by atoms with Crippen LogP contribution in [0.25, 0.3) is 0 Å². The molecule has 0 saturated carbocycles. The molecule has 0 saturated heterocycles. The van der Waals surface area contributed by atoms with Crippen LogP contribution in [-0.4, -0.2) is 57.4 Å². The number of carboxylic acid groups (broad SMARTS) is 4. The molecule has 0 fully saturated rings. The Balaban J connectivity index is 0. The summed E-state index contributed by atoms with van der Waals surface area (Å²) in [6.45, 7) is -0.0262. The van der Waals surface area contributed by atoms with Gasteiger partial charge in [0.05, 0.1) is 0 Å². The van der Waals surface area contributed by atoms with Crippen molar-refractivity contribution in [3.63, 3.8) is 0 Å². The fourth-order valence-corrected chi connectivity index (χ4v) is 19.2. The Morgan fingerprint density at radius 1 is 0.773 bits per heavy atom. The van der Waals surface area contributed by atoms with Gasteiger partial charge < -0.3 is 6.15 Å². The van der Waals surface area contributed by atoms with E-state index >= 15 is 0 Å². The summed E-state index contributed by atoms with van der Waals surface area (Å²) in [7, 11) is 0. The molecule has 0 spiro atoms. The average molecular weight is 452 g/mol.